The third-order valence-electron chi connectivity index (χ3n) is 8.05. The van der Waals surface area contributed by atoms with E-state index in [1.807, 2.05) is 58.2 Å². The highest BCUT2D eigenvalue weighted by atomic mass is 79.9. The molecule has 0 atom stereocenters. The SMILES string of the molecule is CCOc1cc(C2C3=C(CCCC3=O)N(C)C3=C2C(=O)CCC3)cc(Br)c1OCC(=O)Nc1ccc(C)c(C)c1. The molecule has 1 aliphatic heterocycles. The number of halogens is 1. The summed E-state index contributed by atoms with van der Waals surface area (Å²) in [7, 11) is 1.99. The summed E-state index contributed by atoms with van der Waals surface area (Å²) in [4.78, 5) is 41.5. The molecule has 0 saturated heterocycles. The van der Waals surface area contributed by atoms with E-state index in [4.69, 9.17) is 9.47 Å². The molecule has 7 nitrogen and oxygen atoms in total. The molecule has 0 saturated carbocycles. The van der Waals surface area contributed by atoms with E-state index >= 15 is 0 Å². The van der Waals surface area contributed by atoms with Crippen LogP contribution in [0.2, 0.25) is 0 Å². The lowest BCUT2D eigenvalue weighted by molar-refractivity contribution is -0.118. The Balaban J connectivity index is 1.48. The maximum atomic E-state index is 13.3. The molecule has 0 spiro atoms. The van der Waals surface area contributed by atoms with E-state index in [2.05, 4.69) is 26.1 Å². The number of hydrogen-bond donors (Lipinski definition) is 1. The molecule has 1 heterocycles. The normalized spacial score (nSPS) is 17.6. The Bertz CT molecular complexity index is 1410. The number of anilines is 1. The first-order valence-corrected chi connectivity index (χ1v) is 14.7. The number of nitrogens with zero attached hydrogens (tertiary/aromatic N) is 1. The van der Waals surface area contributed by atoms with Crippen molar-refractivity contribution in [2.75, 3.05) is 25.6 Å². The molecular formula is C32H35BrN2O5. The van der Waals surface area contributed by atoms with Crippen LogP contribution >= 0.6 is 15.9 Å². The van der Waals surface area contributed by atoms with Gasteiger partial charge in [0.25, 0.3) is 5.91 Å². The molecule has 2 aromatic rings. The number of ether oxygens (including phenoxy) is 2. The summed E-state index contributed by atoms with van der Waals surface area (Å²) in [6, 6.07) is 9.51. The Hall–Kier alpha value is -3.39. The van der Waals surface area contributed by atoms with Gasteiger partial charge in [0.1, 0.15) is 0 Å². The van der Waals surface area contributed by atoms with Gasteiger partial charge in [-0.25, -0.2) is 0 Å². The molecule has 3 aliphatic rings. The monoisotopic (exact) mass is 606 g/mol. The Morgan fingerprint density at radius 3 is 2.20 bits per heavy atom. The lowest BCUT2D eigenvalue weighted by Crippen LogP contribution is -2.37. The lowest BCUT2D eigenvalue weighted by Gasteiger charge is -2.42. The second-order valence-corrected chi connectivity index (χ2v) is 11.5. The van der Waals surface area contributed by atoms with Gasteiger partial charge in [0.15, 0.2) is 29.7 Å². The van der Waals surface area contributed by atoms with Gasteiger partial charge >= 0.3 is 0 Å². The van der Waals surface area contributed by atoms with Gasteiger partial charge in [-0.3, -0.25) is 14.4 Å². The van der Waals surface area contributed by atoms with Crippen LogP contribution in [0.1, 0.15) is 68.1 Å². The number of benzene rings is 2. The first-order chi connectivity index (χ1) is 19.2. The zero-order valence-corrected chi connectivity index (χ0v) is 25.1. The quantitative estimate of drug-likeness (QED) is 0.386. The van der Waals surface area contributed by atoms with Crippen molar-refractivity contribution in [3.05, 3.63) is 74.0 Å². The molecule has 1 amide bonds. The molecule has 1 N–H and O–H groups in total. The number of amides is 1. The molecule has 0 unspecified atom stereocenters. The first kappa shape index (κ1) is 28.1. The minimum Gasteiger partial charge on any atom is -0.490 e. The summed E-state index contributed by atoms with van der Waals surface area (Å²) in [6.45, 7) is 6.08. The number of aryl methyl sites for hydroxylation is 2. The van der Waals surface area contributed by atoms with Gasteiger partial charge in [0, 0.05) is 54.0 Å². The van der Waals surface area contributed by atoms with Gasteiger partial charge in [-0.15, -0.1) is 0 Å². The van der Waals surface area contributed by atoms with Crippen molar-refractivity contribution in [2.45, 2.75) is 65.2 Å². The minimum atomic E-state index is -0.445. The van der Waals surface area contributed by atoms with Gasteiger partial charge in [-0.05, 0) is 103 Å². The topological polar surface area (TPSA) is 84.9 Å². The minimum absolute atomic E-state index is 0.0976. The highest BCUT2D eigenvalue weighted by molar-refractivity contribution is 9.10. The number of rotatable bonds is 7. The number of Topliss-reactive ketones (excluding diaryl/α,β-unsaturated/α-hetero) is 2. The predicted molar refractivity (Wildman–Crippen MR) is 158 cm³/mol. The number of nitrogens with one attached hydrogen (secondary N) is 1. The van der Waals surface area contributed by atoms with Gasteiger partial charge in [-0.2, -0.15) is 0 Å². The van der Waals surface area contributed by atoms with Crippen LogP contribution in [0.15, 0.2) is 57.3 Å². The fourth-order valence-corrected chi connectivity index (χ4v) is 6.57. The fraction of sp³-hybridized carbons (Fsp3) is 0.406. The largest absolute Gasteiger partial charge is 0.490 e. The van der Waals surface area contributed by atoms with Crippen LogP contribution < -0.4 is 14.8 Å². The number of carbonyl (C=O) groups is 3. The smallest absolute Gasteiger partial charge is 0.262 e. The third kappa shape index (κ3) is 5.33. The molecular weight excluding hydrogens is 572 g/mol. The van der Waals surface area contributed by atoms with Crippen molar-refractivity contribution in [1.29, 1.82) is 0 Å². The number of hydrogen-bond acceptors (Lipinski definition) is 6. The molecule has 0 radical (unpaired) electrons. The van der Waals surface area contributed by atoms with Gasteiger partial charge in [0.2, 0.25) is 0 Å². The summed E-state index contributed by atoms with van der Waals surface area (Å²) in [5.74, 6) is 0.324. The molecule has 0 fully saturated rings. The zero-order valence-electron chi connectivity index (χ0n) is 23.5. The predicted octanol–water partition coefficient (Wildman–Crippen LogP) is 6.53. The van der Waals surface area contributed by atoms with Crippen LogP contribution in [0.25, 0.3) is 0 Å². The third-order valence-corrected chi connectivity index (χ3v) is 8.64. The standard InChI is InChI=1S/C32H35BrN2O5/c1-5-39-27-16-20(15-22(33)32(27)40-17-28(38)34-21-13-12-18(2)19(3)14-21)29-30-23(8-6-10-25(30)36)35(4)24-9-7-11-26(37)31(24)29/h12-16,29H,5-11,17H2,1-4H3,(H,34,38). The summed E-state index contributed by atoms with van der Waals surface area (Å²) < 4.78 is 12.5. The molecule has 2 aromatic carbocycles. The van der Waals surface area contributed by atoms with Crippen LogP contribution in [0.3, 0.4) is 0 Å². The Labute approximate surface area is 243 Å². The summed E-state index contributed by atoms with van der Waals surface area (Å²) in [5, 5.41) is 2.88. The number of carbonyl (C=O) groups excluding carboxylic acids is 3. The van der Waals surface area contributed by atoms with Crippen molar-refractivity contribution in [3.63, 3.8) is 0 Å². The number of allylic oxidation sites excluding steroid dienone is 4. The highest BCUT2D eigenvalue weighted by Crippen LogP contribution is 2.50. The van der Waals surface area contributed by atoms with Crippen LogP contribution in [0.5, 0.6) is 11.5 Å². The maximum absolute atomic E-state index is 13.3. The lowest BCUT2D eigenvalue weighted by atomic mass is 9.71. The van der Waals surface area contributed by atoms with E-state index in [0.717, 1.165) is 64.9 Å². The van der Waals surface area contributed by atoms with Crippen LogP contribution in [-0.2, 0) is 14.4 Å². The van der Waals surface area contributed by atoms with E-state index in [1.54, 1.807) is 0 Å². The van der Waals surface area contributed by atoms with E-state index in [0.29, 0.717) is 41.1 Å². The maximum Gasteiger partial charge on any atom is 0.262 e. The fourth-order valence-electron chi connectivity index (χ4n) is 6.00. The summed E-state index contributed by atoms with van der Waals surface area (Å²) in [5.41, 5.74) is 7.24. The summed E-state index contributed by atoms with van der Waals surface area (Å²) >= 11 is 3.64. The van der Waals surface area contributed by atoms with Crippen molar-refractivity contribution >= 4 is 39.1 Å². The van der Waals surface area contributed by atoms with Crippen LogP contribution in [0.4, 0.5) is 5.69 Å². The molecule has 210 valence electrons. The van der Waals surface area contributed by atoms with Gasteiger partial charge in [0.05, 0.1) is 11.1 Å². The van der Waals surface area contributed by atoms with Crippen molar-refractivity contribution < 1.29 is 23.9 Å². The van der Waals surface area contributed by atoms with Gasteiger partial charge in [-0.1, -0.05) is 6.07 Å². The van der Waals surface area contributed by atoms with E-state index in [9.17, 15) is 14.4 Å². The molecule has 8 heteroatoms. The van der Waals surface area contributed by atoms with Crippen molar-refractivity contribution in [3.8, 4) is 11.5 Å². The number of ketones is 2. The molecule has 5 rings (SSSR count). The molecule has 0 aromatic heterocycles. The Kier molecular flexibility index (Phi) is 8.17. The van der Waals surface area contributed by atoms with Gasteiger partial charge < -0.3 is 19.7 Å². The van der Waals surface area contributed by atoms with Crippen LogP contribution in [-0.4, -0.2) is 42.6 Å². The molecule has 40 heavy (non-hydrogen) atoms. The average Bonchev–Trinajstić information content (AvgIpc) is 2.91. The highest BCUT2D eigenvalue weighted by Gasteiger charge is 2.42. The van der Waals surface area contributed by atoms with Crippen molar-refractivity contribution in [1.82, 2.24) is 4.90 Å². The second-order valence-electron chi connectivity index (χ2n) is 10.7. The Morgan fingerprint density at radius 1 is 0.950 bits per heavy atom. The summed E-state index contributed by atoms with van der Waals surface area (Å²) in [6.07, 6.45) is 4.23. The van der Waals surface area contributed by atoms with Crippen molar-refractivity contribution in [2.24, 2.45) is 0 Å². The van der Waals surface area contributed by atoms with Crippen LogP contribution in [0, 0.1) is 13.8 Å². The average molecular weight is 608 g/mol. The van der Waals surface area contributed by atoms with E-state index < -0.39 is 5.92 Å². The van der Waals surface area contributed by atoms with E-state index in [1.165, 1.54) is 0 Å². The first-order valence-electron chi connectivity index (χ1n) is 13.9. The van der Waals surface area contributed by atoms with E-state index in [-0.39, 0.29) is 24.1 Å². The zero-order chi connectivity index (χ0) is 28.6. The Morgan fingerprint density at radius 2 is 1.60 bits per heavy atom. The molecule has 2 aliphatic carbocycles. The second kappa shape index (κ2) is 11.6. The molecule has 0 bridgehead atoms.